The molecular formula is C20H24N2O3. The zero-order chi connectivity index (χ0) is 17.8. The molecule has 3 rings (SSSR count). The number of nitrogens with zero attached hydrogens (tertiary/aromatic N) is 1. The van der Waals surface area contributed by atoms with Crippen LogP contribution in [0.4, 0.5) is 0 Å². The minimum absolute atomic E-state index is 0.0404. The summed E-state index contributed by atoms with van der Waals surface area (Å²) in [4.78, 5) is 12.5. The second-order valence-electron chi connectivity index (χ2n) is 6.06. The Balaban J connectivity index is 1.86. The maximum absolute atomic E-state index is 12.5. The molecule has 2 heterocycles. The number of nitrogens with one attached hydrogen (secondary N) is 1. The fraction of sp³-hybridized carbons (Fsp3) is 0.350. The molecule has 1 aliphatic rings. The number of aromatic nitrogens is 1. The summed E-state index contributed by atoms with van der Waals surface area (Å²) in [6.45, 7) is 7.70. The molecule has 5 nitrogen and oxygen atoms in total. The highest BCUT2D eigenvalue weighted by Gasteiger charge is 2.18. The predicted octanol–water partition coefficient (Wildman–Crippen LogP) is 3.56. The standard InChI is InChI=1S/C20H24N2O3/c1-4-5-6-9-21-20(23)17-12-14(2)22(15(17)3)16-7-8-18-19(13-16)25-11-10-24-18/h4-5,7-8,12-13H,6,9-11H2,1-3H3,(H,21,23)/b5-4+. The molecule has 5 heteroatoms. The van der Waals surface area contributed by atoms with Gasteiger partial charge >= 0.3 is 0 Å². The van der Waals surface area contributed by atoms with E-state index in [-0.39, 0.29) is 5.91 Å². The van der Waals surface area contributed by atoms with Crippen molar-refractivity contribution in [3.63, 3.8) is 0 Å². The van der Waals surface area contributed by atoms with Gasteiger partial charge in [-0.1, -0.05) is 12.2 Å². The zero-order valence-electron chi connectivity index (χ0n) is 15.0. The number of aryl methyl sites for hydroxylation is 1. The van der Waals surface area contributed by atoms with Crippen molar-refractivity contribution < 1.29 is 14.3 Å². The average Bonchev–Trinajstić information content (AvgIpc) is 2.92. The van der Waals surface area contributed by atoms with Crippen LogP contribution in [-0.4, -0.2) is 30.2 Å². The SMILES string of the molecule is C/C=C/CCNC(=O)c1cc(C)n(-c2ccc3c(c2)OCCO3)c1C. The highest BCUT2D eigenvalue weighted by molar-refractivity contribution is 5.95. The first-order valence-electron chi connectivity index (χ1n) is 8.60. The minimum Gasteiger partial charge on any atom is -0.486 e. The number of ether oxygens (including phenoxy) is 2. The van der Waals surface area contributed by atoms with Crippen LogP contribution in [0.2, 0.25) is 0 Å². The van der Waals surface area contributed by atoms with Gasteiger partial charge in [0.1, 0.15) is 13.2 Å². The summed E-state index contributed by atoms with van der Waals surface area (Å²) in [5.74, 6) is 1.47. The lowest BCUT2D eigenvalue weighted by molar-refractivity contribution is 0.0953. The van der Waals surface area contributed by atoms with E-state index in [4.69, 9.17) is 9.47 Å². The number of rotatable bonds is 5. The monoisotopic (exact) mass is 340 g/mol. The molecular weight excluding hydrogens is 316 g/mol. The fourth-order valence-corrected chi connectivity index (χ4v) is 3.09. The lowest BCUT2D eigenvalue weighted by Crippen LogP contribution is -2.24. The van der Waals surface area contributed by atoms with Gasteiger partial charge in [-0.3, -0.25) is 4.79 Å². The Morgan fingerprint density at radius 2 is 1.96 bits per heavy atom. The summed E-state index contributed by atoms with van der Waals surface area (Å²) < 4.78 is 13.3. The average molecular weight is 340 g/mol. The van der Waals surface area contributed by atoms with Crippen LogP contribution in [0.1, 0.15) is 35.1 Å². The molecule has 2 aromatic rings. The van der Waals surface area contributed by atoms with E-state index in [1.54, 1.807) is 0 Å². The number of hydrogen-bond acceptors (Lipinski definition) is 3. The van der Waals surface area contributed by atoms with E-state index in [0.29, 0.717) is 25.3 Å². The van der Waals surface area contributed by atoms with Crippen LogP contribution in [0.5, 0.6) is 11.5 Å². The number of carbonyl (C=O) groups excluding carboxylic acids is 1. The molecule has 0 saturated heterocycles. The van der Waals surface area contributed by atoms with Crippen LogP contribution in [0, 0.1) is 13.8 Å². The number of fused-ring (bicyclic) bond motifs is 1. The van der Waals surface area contributed by atoms with Gasteiger partial charge in [-0.15, -0.1) is 0 Å². The molecule has 0 radical (unpaired) electrons. The lowest BCUT2D eigenvalue weighted by Gasteiger charge is -2.20. The van der Waals surface area contributed by atoms with Gasteiger partial charge in [0.25, 0.3) is 5.91 Å². The third kappa shape index (κ3) is 3.55. The van der Waals surface area contributed by atoms with Gasteiger partial charge in [0.15, 0.2) is 11.5 Å². The molecule has 0 bridgehead atoms. The molecule has 0 spiro atoms. The van der Waals surface area contributed by atoms with Gasteiger partial charge in [0.05, 0.1) is 5.56 Å². The van der Waals surface area contributed by atoms with Crippen molar-refractivity contribution in [1.82, 2.24) is 9.88 Å². The van der Waals surface area contributed by atoms with Crippen LogP contribution in [0.3, 0.4) is 0 Å². The molecule has 0 aliphatic carbocycles. The summed E-state index contributed by atoms with van der Waals surface area (Å²) in [5, 5.41) is 2.97. The quantitative estimate of drug-likeness (QED) is 0.669. The topological polar surface area (TPSA) is 52.5 Å². The van der Waals surface area contributed by atoms with Gasteiger partial charge in [-0.05, 0) is 45.4 Å². The first-order chi connectivity index (χ1) is 12.1. The Labute approximate surface area is 148 Å². The van der Waals surface area contributed by atoms with Gasteiger partial charge in [-0.2, -0.15) is 0 Å². The van der Waals surface area contributed by atoms with E-state index >= 15 is 0 Å². The van der Waals surface area contributed by atoms with Crippen LogP contribution in [0.15, 0.2) is 36.4 Å². The Hall–Kier alpha value is -2.69. The predicted molar refractivity (Wildman–Crippen MR) is 98.0 cm³/mol. The Bertz CT molecular complexity index is 806. The van der Waals surface area contributed by atoms with E-state index < -0.39 is 0 Å². The number of carbonyl (C=O) groups is 1. The highest BCUT2D eigenvalue weighted by atomic mass is 16.6. The summed E-state index contributed by atoms with van der Waals surface area (Å²) in [6, 6.07) is 7.79. The van der Waals surface area contributed by atoms with Crippen LogP contribution < -0.4 is 14.8 Å². The first-order valence-corrected chi connectivity index (χ1v) is 8.60. The molecule has 0 atom stereocenters. The second kappa shape index (κ2) is 7.47. The molecule has 25 heavy (non-hydrogen) atoms. The number of amides is 1. The molecule has 1 aromatic heterocycles. The minimum atomic E-state index is -0.0404. The smallest absolute Gasteiger partial charge is 0.253 e. The Morgan fingerprint density at radius 3 is 2.72 bits per heavy atom. The summed E-state index contributed by atoms with van der Waals surface area (Å²) >= 11 is 0. The molecule has 0 saturated carbocycles. The van der Waals surface area contributed by atoms with Gasteiger partial charge in [0, 0.05) is 29.7 Å². The van der Waals surface area contributed by atoms with Crippen molar-refractivity contribution >= 4 is 5.91 Å². The number of benzene rings is 1. The lowest BCUT2D eigenvalue weighted by atomic mass is 10.2. The van der Waals surface area contributed by atoms with Crippen LogP contribution in [0.25, 0.3) is 5.69 Å². The van der Waals surface area contributed by atoms with Gasteiger partial charge < -0.3 is 19.4 Å². The van der Waals surface area contributed by atoms with Crippen molar-refractivity contribution in [1.29, 1.82) is 0 Å². The first kappa shape index (κ1) is 17.1. The molecule has 1 amide bonds. The van der Waals surface area contributed by atoms with E-state index in [1.807, 2.05) is 57.2 Å². The maximum Gasteiger partial charge on any atom is 0.253 e. The summed E-state index contributed by atoms with van der Waals surface area (Å²) in [6.07, 6.45) is 4.86. The molecule has 0 fully saturated rings. The van der Waals surface area contributed by atoms with E-state index in [2.05, 4.69) is 9.88 Å². The molecule has 1 aromatic carbocycles. The highest BCUT2D eigenvalue weighted by Crippen LogP contribution is 2.33. The fourth-order valence-electron chi connectivity index (χ4n) is 3.09. The summed E-state index contributed by atoms with van der Waals surface area (Å²) in [5.41, 5.74) is 3.59. The van der Waals surface area contributed by atoms with Crippen LogP contribution in [-0.2, 0) is 0 Å². The van der Waals surface area contributed by atoms with Gasteiger partial charge in [0.2, 0.25) is 0 Å². The molecule has 132 valence electrons. The molecule has 1 aliphatic heterocycles. The third-order valence-corrected chi connectivity index (χ3v) is 4.29. The maximum atomic E-state index is 12.5. The Morgan fingerprint density at radius 1 is 1.20 bits per heavy atom. The van der Waals surface area contributed by atoms with Crippen molar-refractivity contribution in [2.24, 2.45) is 0 Å². The zero-order valence-corrected chi connectivity index (χ0v) is 15.0. The number of hydrogen-bond donors (Lipinski definition) is 1. The molecule has 0 unspecified atom stereocenters. The van der Waals surface area contributed by atoms with E-state index in [0.717, 1.165) is 35.0 Å². The largest absolute Gasteiger partial charge is 0.486 e. The van der Waals surface area contributed by atoms with Crippen molar-refractivity contribution in [3.05, 3.63) is 53.4 Å². The summed E-state index contributed by atoms with van der Waals surface area (Å²) in [7, 11) is 0. The third-order valence-electron chi connectivity index (χ3n) is 4.29. The van der Waals surface area contributed by atoms with Gasteiger partial charge in [-0.25, -0.2) is 0 Å². The van der Waals surface area contributed by atoms with Crippen molar-refractivity contribution in [3.8, 4) is 17.2 Å². The molecule has 1 N–H and O–H groups in total. The Kier molecular flexibility index (Phi) is 5.12. The number of allylic oxidation sites excluding steroid dienone is 1. The van der Waals surface area contributed by atoms with Crippen LogP contribution >= 0.6 is 0 Å². The van der Waals surface area contributed by atoms with Crippen molar-refractivity contribution in [2.75, 3.05) is 19.8 Å². The van der Waals surface area contributed by atoms with Crippen molar-refractivity contribution in [2.45, 2.75) is 27.2 Å². The van der Waals surface area contributed by atoms with E-state index in [1.165, 1.54) is 0 Å². The van der Waals surface area contributed by atoms with E-state index in [9.17, 15) is 4.79 Å². The second-order valence-corrected chi connectivity index (χ2v) is 6.06. The normalized spacial score (nSPS) is 13.2.